The first-order valence-electron chi connectivity index (χ1n) is 6.76. The maximum atomic E-state index is 12.2. The van der Waals surface area contributed by atoms with E-state index in [2.05, 4.69) is 10.4 Å². The van der Waals surface area contributed by atoms with Crippen LogP contribution >= 0.6 is 0 Å². The van der Waals surface area contributed by atoms with Crippen molar-refractivity contribution >= 4 is 17.7 Å². The minimum Gasteiger partial charge on any atom is -0.481 e. The molecular weight excluding hydrogens is 260 g/mol. The number of anilines is 1. The average Bonchev–Trinajstić information content (AvgIpc) is 2.81. The van der Waals surface area contributed by atoms with Gasteiger partial charge in [0.15, 0.2) is 0 Å². The topological polar surface area (TPSA) is 87.5 Å². The van der Waals surface area contributed by atoms with Gasteiger partial charge in [-0.2, -0.15) is 5.10 Å². The van der Waals surface area contributed by atoms with Gasteiger partial charge in [0.05, 0.1) is 11.9 Å². The van der Waals surface area contributed by atoms with Gasteiger partial charge in [0, 0.05) is 31.7 Å². The van der Waals surface area contributed by atoms with E-state index in [4.69, 9.17) is 5.11 Å². The van der Waals surface area contributed by atoms with Crippen LogP contribution in [0, 0.1) is 0 Å². The Morgan fingerprint density at radius 3 is 2.70 bits per heavy atom. The minimum absolute atomic E-state index is 0.00464. The Morgan fingerprint density at radius 2 is 2.20 bits per heavy atom. The highest BCUT2D eigenvalue weighted by atomic mass is 16.4. The number of nitrogens with zero attached hydrogens (tertiary/aromatic N) is 3. The maximum absolute atomic E-state index is 12.2. The third-order valence-corrected chi connectivity index (χ3v) is 2.88. The van der Waals surface area contributed by atoms with Crippen molar-refractivity contribution in [2.75, 3.05) is 11.9 Å². The van der Waals surface area contributed by atoms with Crippen molar-refractivity contribution in [2.45, 2.75) is 46.2 Å². The van der Waals surface area contributed by atoms with Gasteiger partial charge in [-0.3, -0.25) is 9.48 Å². The summed E-state index contributed by atoms with van der Waals surface area (Å²) in [6, 6.07) is -0.231. The maximum Gasteiger partial charge on any atom is 0.322 e. The third kappa shape index (κ3) is 4.91. The van der Waals surface area contributed by atoms with E-state index in [1.165, 1.54) is 0 Å². The number of aliphatic carboxylic acids is 1. The highest BCUT2D eigenvalue weighted by Crippen LogP contribution is 2.09. The predicted molar refractivity (Wildman–Crippen MR) is 75.6 cm³/mol. The van der Waals surface area contributed by atoms with E-state index in [-0.39, 0.29) is 18.5 Å². The van der Waals surface area contributed by atoms with E-state index in [0.717, 1.165) is 6.54 Å². The Kier molecular flexibility index (Phi) is 6.02. The minimum atomic E-state index is -0.849. The first-order chi connectivity index (χ1) is 9.43. The van der Waals surface area contributed by atoms with Crippen LogP contribution in [-0.4, -0.2) is 44.4 Å². The fraction of sp³-hybridized carbons (Fsp3) is 0.615. The average molecular weight is 282 g/mol. The summed E-state index contributed by atoms with van der Waals surface area (Å²) >= 11 is 0. The molecule has 0 aliphatic heterocycles. The fourth-order valence-electron chi connectivity index (χ4n) is 1.79. The second kappa shape index (κ2) is 7.52. The van der Waals surface area contributed by atoms with Crippen LogP contribution in [0.2, 0.25) is 0 Å². The standard InChI is InChI=1S/C13H22N4O3/c1-4-16-9-11(8-14-16)15-13(20)17(10(2)3)7-5-6-12(18)19/h8-10H,4-7H2,1-3H3,(H,15,20)(H,18,19). The number of nitrogens with one attached hydrogen (secondary N) is 1. The molecule has 2 N–H and O–H groups in total. The van der Waals surface area contributed by atoms with Crippen LogP contribution in [-0.2, 0) is 11.3 Å². The van der Waals surface area contributed by atoms with Gasteiger partial charge >= 0.3 is 12.0 Å². The van der Waals surface area contributed by atoms with Gasteiger partial charge in [0.2, 0.25) is 0 Å². The highest BCUT2D eigenvalue weighted by Gasteiger charge is 2.17. The zero-order valence-electron chi connectivity index (χ0n) is 12.2. The molecule has 1 rings (SSSR count). The van der Waals surface area contributed by atoms with Gasteiger partial charge in [-0.25, -0.2) is 4.79 Å². The molecule has 0 saturated heterocycles. The van der Waals surface area contributed by atoms with Crippen molar-refractivity contribution in [2.24, 2.45) is 0 Å². The summed E-state index contributed by atoms with van der Waals surface area (Å²) < 4.78 is 1.72. The lowest BCUT2D eigenvalue weighted by Crippen LogP contribution is -2.40. The molecule has 7 nitrogen and oxygen atoms in total. The number of amides is 2. The lowest BCUT2D eigenvalue weighted by Gasteiger charge is -2.26. The molecule has 0 radical (unpaired) electrons. The number of carboxylic acid groups (broad SMARTS) is 1. The second-order valence-corrected chi connectivity index (χ2v) is 4.80. The van der Waals surface area contributed by atoms with Gasteiger partial charge in [-0.05, 0) is 27.2 Å². The van der Waals surface area contributed by atoms with Crippen molar-refractivity contribution in [3.63, 3.8) is 0 Å². The lowest BCUT2D eigenvalue weighted by molar-refractivity contribution is -0.137. The highest BCUT2D eigenvalue weighted by molar-refractivity contribution is 5.89. The molecule has 0 unspecified atom stereocenters. The number of aryl methyl sites for hydroxylation is 1. The van der Waals surface area contributed by atoms with Crippen molar-refractivity contribution < 1.29 is 14.7 Å². The number of aromatic nitrogens is 2. The molecule has 7 heteroatoms. The number of rotatable bonds is 7. The molecule has 0 aromatic carbocycles. The molecule has 0 spiro atoms. The summed E-state index contributed by atoms with van der Waals surface area (Å²) in [6.45, 7) is 6.91. The molecule has 1 aromatic heterocycles. The molecular formula is C13H22N4O3. The molecule has 0 fully saturated rings. The second-order valence-electron chi connectivity index (χ2n) is 4.80. The molecule has 1 aromatic rings. The summed E-state index contributed by atoms with van der Waals surface area (Å²) in [5, 5.41) is 15.5. The molecule has 112 valence electrons. The van der Waals surface area contributed by atoms with Crippen LogP contribution in [0.1, 0.15) is 33.6 Å². The number of carbonyl (C=O) groups is 2. The van der Waals surface area contributed by atoms with Crippen LogP contribution in [0.4, 0.5) is 10.5 Å². The fourth-order valence-corrected chi connectivity index (χ4v) is 1.79. The third-order valence-electron chi connectivity index (χ3n) is 2.88. The zero-order chi connectivity index (χ0) is 15.1. The van der Waals surface area contributed by atoms with Crippen LogP contribution in [0.15, 0.2) is 12.4 Å². The first kappa shape index (κ1) is 16.0. The Morgan fingerprint density at radius 1 is 1.50 bits per heavy atom. The van der Waals surface area contributed by atoms with Gasteiger partial charge in [0.25, 0.3) is 0 Å². The summed E-state index contributed by atoms with van der Waals surface area (Å²) in [7, 11) is 0. The van der Waals surface area contributed by atoms with Crippen molar-refractivity contribution in [3.8, 4) is 0 Å². The van der Waals surface area contributed by atoms with Gasteiger partial charge in [-0.1, -0.05) is 0 Å². The molecule has 0 bridgehead atoms. The number of carboxylic acids is 1. The van der Waals surface area contributed by atoms with E-state index in [1.807, 2.05) is 20.8 Å². The van der Waals surface area contributed by atoms with E-state index in [9.17, 15) is 9.59 Å². The summed E-state index contributed by atoms with van der Waals surface area (Å²) in [5.41, 5.74) is 0.640. The summed E-state index contributed by atoms with van der Waals surface area (Å²) in [5.74, 6) is -0.849. The summed E-state index contributed by atoms with van der Waals surface area (Å²) in [6.07, 6.45) is 3.85. The molecule has 0 atom stereocenters. The number of carbonyl (C=O) groups excluding carboxylic acids is 1. The van der Waals surface area contributed by atoms with E-state index >= 15 is 0 Å². The SMILES string of the molecule is CCn1cc(NC(=O)N(CCCC(=O)O)C(C)C)cn1. The zero-order valence-corrected chi connectivity index (χ0v) is 12.2. The molecule has 20 heavy (non-hydrogen) atoms. The van der Waals surface area contributed by atoms with Crippen molar-refractivity contribution in [1.29, 1.82) is 0 Å². The smallest absolute Gasteiger partial charge is 0.322 e. The monoisotopic (exact) mass is 282 g/mol. The van der Waals surface area contributed by atoms with Gasteiger partial charge in [0.1, 0.15) is 0 Å². The Balaban J connectivity index is 2.57. The van der Waals surface area contributed by atoms with Crippen LogP contribution in [0.25, 0.3) is 0 Å². The van der Waals surface area contributed by atoms with Gasteiger partial charge in [-0.15, -0.1) is 0 Å². The largest absolute Gasteiger partial charge is 0.481 e. The molecule has 0 saturated carbocycles. The molecule has 2 amide bonds. The van der Waals surface area contributed by atoms with Crippen LogP contribution in [0.3, 0.4) is 0 Å². The van der Waals surface area contributed by atoms with Crippen LogP contribution < -0.4 is 5.32 Å². The van der Waals surface area contributed by atoms with Crippen molar-refractivity contribution in [3.05, 3.63) is 12.4 Å². The Bertz CT molecular complexity index is 456. The number of urea groups is 1. The van der Waals surface area contributed by atoms with Crippen LogP contribution in [0.5, 0.6) is 0 Å². The Labute approximate surface area is 118 Å². The predicted octanol–water partition coefficient (Wildman–Crippen LogP) is 2.01. The molecule has 0 aliphatic rings. The van der Waals surface area contributed by atoms with Gasteiger partial charge < -0.3 is 15.3 Å². The van der Waals surface area contributed by atoms with E-state index in [0.29, 0.717) is 18.7 Å². The normalized spacial score (nSPS) is 10.6. The van der Waals surface area contributed by atoms with E-state index in [1.54, 1.807) is 22.0 Å². The molecule has 0 aliphatic carbocycles. The quantitative estimate of drug-likeness (QED) is 0.800. The summed E-state index contributed by atoms with van der Waals surface area (Å²) in [4.78, 5) is 24.3. The Hall–Kier alpha value is -2.05. The van der Waals surface area contributed by atoms with Crippen molar-refractivity contribution in [1.82, 2.24) is 14.7 Å². The lowest BCUT2D eigenvalue weighted by atomic mass is 10.2. The number of hydrogen-bond donors (Lipinski definition) is 2. The first-order valence-corrected chi connectivity index (χ1v) is 6.76. The van der Waals surface area contributed by atoms with E-state index < -0.39 is 5.97 Å². The molecule has 1 heterocycles. The number of hydrogen-bond acceptors (Lipinski definition) is 3.